The van der Waals surface area contributed by atoms with Crippen LogP contribution in [0.5, 0.6) is 0 Å². The number of unbranched alkanes of at least 4 members (excludes halogenated alkanes) is 3. The van der Waals surface area contributed by atoms with Gasteiger partial charge in [0.15, 0.2) is 0 Å². The Morgan fingerprint density at radius 1 is 1.07 bits per heavy atom. The number of epoxide rings is 1. The van der Waals surface area contributed by atoms with Crippen molar-refractivity contribution in [3.63, 3.8) is 0 Å². The third-order valence-electron chi connectivity index (χ3n) is 3.05. The van der Waals surface area contributed by atoms with E-state index in [1.165, 1.54) is 44.9 Å². The first kappa shape index (κ1) is 10.4. The number of rotatable bonds is 9. The summed E-state index contributed by atoms with van der Waals surface area (Å²) in [5.41, 5.74) is 0. The van der Waals surface area contributed by atoms with E-state index in [1.54, 1.807) is 0 Å². The van der Waals surface area contributed by atoms with E-state index in [9.17, 15) is 0 Å². The molecule has 1 aliphatic carbocycles. The Morgan fingerprint density at radius 3 is 2.57 bits per heavy atom. The molecule has 14 heavy (non-hydrogen) atoms. The summed E-state index contributed by atoms with van der Waals surface area (Å²) in [6.07, 6.45) is 10.3. The third kappa shape index (κ3) is 4.97. The van der Waals surface area contributed by atoms with Crippen LogP contribution < -0.4 is 0 Å². The molecule has 0 bridgehead atoms. The molecule has 0 aromatic heterocycles. The highest BCUT2D eigenvalue weighted by molar-refractivity contribution is 4.72. The summed E-state index contributed by atoms with van der Waals surface area (Å²) < 4.78 is 10.5. The first-order chi connectivity index (χ1) is 6.95. The maximum absolute atomic E-state index is 5.47. The molecule has 1 heterocycles. The summed E-state index contributed by atoms with van der Waals surface area (Å²) in [5, 5.41) is 0. The molecule has 82 valence electrons. The van der Waals surface area contributed by atoms with Gasteiger partial charge in [0.25, 0.3) is 0 Å². The van der Waals surface area contributed by atoms with Crippen molar-refractivity contribution in [2.75, 3.05) is 19.8 Å². The van der Waals surface area contributed by atoms with Crippen molar-refractivity contribution in [1.29, 1.82) is 0 Å². The number of hydrogen-bond donors (Lipinski definition) is 0. The van der Waals surface area contributed by atoms with Crippen molar-refractivity contribution in [3.8, 4) is 0 Å². The van der Waals surface area contributed by atoms with E-state index in [4.69, 9.17) is 9.47 Å². The van der Waals surface area contributed by atoms with Gasteiger partial charge in [-0.25, -0.2) is 0 Å². The lowest BCUT2D eigenvalue weighted by Crippen LogP contribution is -2.02. The van der Waals surface area contributed by atoms with Gasteiger partial charge >= 0.3 is 0 Å². The highest BCUT2D eigenvalue weighted by Gasteiger charge is 2.22. The molecule has 2 heteroatoms. The molecule has 1 saturated heterocycles. The van der Waals surface area contributed by atoms with Crippen LogP contribution in [0.4, 0.5) is 0 Å². The van der Waals surface area contributed by atoms with Gasteiger partial charge in [-0.15, -0.1) is 0 Å². The number of ether oxygens (including phenoxy) is 2. The molecule has 2 rings (SSSR count). The van der Waals surface area contributed by atoms with E-state index in [0.29, 0.717) is 6.10 Å². The molecule has 0 amide bonds. The zero-order valence-electron chi connectivity index (χ0n) is 9.04. The first-order valence-electron chi connectivity index (χ1n) is 6.14. The minimum absolute atomic E-state index is 0.435. The van der Waals surface area contributed by atoms with Crippen molar-refractivity contribution >= 4 is 0 Å². The minimum atomic E-state index is 0.435. The van der Waals surface area contributed by atoms with Gasteiger partial charge in [0, 0.05) is 6.61 Å². The molecular weight excluding hydrogens is 176 g/mol. The summed E-state index contributed by atoms with van der Waals surface area (Å²) in [6, 6.07) is 0. The van der Waals surface area contributed by atoms with Gasteiger partial charge in [-0.3, -0.25) is 0 Å². The second kappa shape index (κ2) is 5.72. The molecular formula is C12H22O2. The third-order valence-corrected chi connectivity index (χ3v) is 3.05. The van der Waals surface area contributed by atoms with Crippen LogP contribution in [-0.4, -0.2) is 25.9 Å². The molecule has 1 atom stereocenters. The van der Waals surface area contributed by atoms with Crippen molar-refractivity contribution in [1.82, 2.24) is 0 Å². The van der Waals surface area contributed by atoms with Crippen LogP contribution in [0, 0.1) is 5.92 Å². The van der Waals surface area contributed by atoms with Gasteiger partial charge in [-0.05, 0) is 12.3 Å². The normalized spacial score (nSPS) is 25.3. The summed E-state index contributed by atoms with van der Waals surface area (Å²) >= 11 is 0. The van der Waals surface area contributed by atoms with Crippen LogP contribution >= 0.6 is 0 Å². The van der Waals surface area contributed by atoms with Gasteiger partial charge < -0.3 is 9.47 Å². The Kier molecular flexibility index (Phi) is 4.26. The average molecular weight is 198 g/mol. The highest BCUT2D eigenvalue weighted by atomic mass is 16.6. The van der Waals surface area contributed by atoms with Crippen LogP contribution in [-0.2, 0) is 9.47 Å². The Morgan fingerprint density at radius 2 is 1.86 bits per heavy atom. The van der Waals surface area contributed by atoms with Gasteiger partial charge in [0.05, 0.1) is 13.2 Å². The summed E-state index contributed by atoms with van der Waals surface area (Å²) in [6.45, 7) is 2.67. The zero-order valence-corrected chi connectivity index (χ0v) is 9.04. The summed E-state index contributed by atoms with van der Waals surface area (Å²) in [5.74, 6) is 1.11. The van der Waals surface area contributed by atoms with Gasteiger partial charge in [0.2, 0.25) is 0 Å². The second-order valence-electron chi connectivity index (χ2n) is 4.68. The van der Waals surface area contributed by atoms with Gasteiger partial charge in [0.1, 0.15) is 6.10 Å². The molecule has 2 aliphatic rings. The smallest absolute Gasteiger partial charge is 0.104 e. The fraction of sp³-hybridized carbons (Fsp3) is 1.00. The molecule has 0 spiro atoms. The van der Waals surface area contributed by atoms with E-state index in [0.717, 1.165) is 25.7 Å². The maximum atomic E-state index is 5.47. The van der Waals surface area contributed by atoms with Crippen LogP contribution in [0.3, 0.4) is 0 Å². The molecule has 1 saturated carbocycles. The molecule has 2 nitrogen and oxygen atoms in total. The monoisotopic (exact) mass is 198 g/mol. The molecule has 0 aromatic carbocycles. The van der Waals surface area contributed by atoms with Crippen molar-refractivity contribution < 1.29 is 9.47 Å². The predicted octanol–water partition coefficient (Wildman–Crippen LogP) is 2.76. The largest absolute Gasteiger partial charge is 0.379 e. The summed E-state index contributed by atoms with van der Waals surface area (Å²) in [7, 11) is 0. The second-order valence-corrected chi connectivity index (χ2v) is 4.68. The molecule has 1 aliphatic heterocycles. The maximum Gasteiger partial charge on any atom is 0.104 e. The van der Waals surface area contributed by atoms with Crippen molar-refractivity contribution in [2.45, 2.75) is 51.0 Å². The molecule has 1 unspecified atom stereocenters. The van der Waals surface area contributed by atoms with E-state index < -0.39 is 0 Å². The minimum Gasteiger partial charge on any atom is -0.379 e. The SMILES string of the molecule is C(CCCC1CC1)CCOCC1CO1. The fourth-order valence-corrected chi connectivity index (χ4v) is 1.78. The first-order valence-corrected chi connectivity index (χ1v) is 6.14. The van der Waals surface area contributed by atoms with E-state index >= 15 is 0 Å². The number of hydrogen-bond acceptors (Lipinski definition) is 2. The molecule has 0 radical (unpaired) electrons. The lowest BCUT2D eigenvalue weighted by atomic mass is 10.1. The lowest BCUT2D eigenvalue weighted by Gasteiger charge is -2.02. The van der Waals surface area contributed by atoms with E-state index in [1.807, 2.05) is 0 Å². The van der Waals surface area contributed by atoms with Crippen LogP contribution in [0.1, 0.15) is 44.9 Å². The lowest BCUT2D eigenvalue weighted by molar-refractivity contribution is 0.113. The predicted molar refractivity (Wildman–Crippen MR) is 56.4 cm³/mol. The Hall–Kier alpha value is -0.0800. The van der Waals surface area contributed by atoms with Crippen LogP contribution in [0.2, 0.25) is 0 Å². The highest BCUT2D eigenvalue weighted by Crippen LogP contribution is 2.34. The van der Waals surface area contributed by atoms with Gasteiger partial charge in [-0.1, -0.05) is 38.5 Å². The average Bonchev–Trinajstić information content (AvgIpc) is 3.00. The standard InChI is InChI=1S/C12H22O2/c1(3-5-11-6-7-11)2-4-8-13-9-12-10-14-12/h11-12H,1-10H2. The Bertz CT molecular complexity index is 132. The van der Waals surface area contributed by atoms with Gasteiger partial charge in [-0.2, -0.15) is 0 Å². The molecule has 0 aromatic rings. The topological polar surface area (TPSA) is 21.8 Å². The van der Waals surface area contributed by atoms with Crippen LogP contribution in [0.15, 0.2) is 0 Å². The molecule has 0 N–H and O–H groups in total. The van der Waals surface area contributed by atoms with E-state index in [-0.39, 0.29) is 0 Å². The summed E-state index contributed by atoms with van der Waals surface area (Å²) in [4.78, 5) is 0. The Balaban J connectivity index is 1.25. The van der Waals surface area contributed by atoms with Crippen LogP contribution in [0.25, 0.3) is 0 Å². The molecule has 2 fully saturated rings. The zero-order chi connectivity index (χ0) is 9.64. The van der Waals surface area contributed by atoms with E-state index in [2.05, 4.69) is 0 Å². The van der Waals surface area contributed by atoms with Crippen molar-refractivity contribution in [2.24, 2.45) is 5.92 Å². The Labute approximate surface area is 87.0 Å². The quantitative estimate of drug-likeness (QED) is 0.420. The van der Waals surface area contributed by atoms with Crippen molar-refractivity contribution in [3.05, 3.63) is 0 Å². The fourth-order valence-electron chi connectivity index (χ4n) is 1.78.